The number of benzene rings is 2. The molecule has 214 valence electrons. The fourth-order valence-corrected chi connectivity index (χ4v) is 6.29. The van der Waals surface area contributed by atoms with Crippen LogP contribution in [0.4, 0.5) is 5.69 Å². The number of H-pyrrole nitrogens is 1. The Labute approximate surface area is 250 Å². The van der Waals surface area contributed by atoms with Gasteiger partial charge in [-0.1, -0.05) is 68.5 Å². The van der Waals surface area contributed by atoms with Crippen LogP contribution in [0.15, 0.2) is 78.7 Å². The van der Waals surface area contributed by atoms with Crippen LogP contribution >= 0.6 is 11.6 Å². The van der Waals surface area contributed by atoms with E-state index in [1.165, 1.54) is 35.2 Å². The number of allylic oxidation sites excluding steroid dienone is 2. The summed E-state index contributed by atoms with van der Waals surface area (Å²) in [5, 5.41) is 2.76. The van der Waals surface area contributed by atoms with Gasteiger partial charge in [-0.2, -0.15) is 0 Å². The number of nitrogens with two attached hydrogens (primary N) is 1. The Morgan fingerprint density at radius 1 is 1.07 bits per heavy atom. The van der Waals surface area contributed by atoms with Gasteiger partial charge < -0.3 is 15.6 Å². The zero-order chi connectivity index (χ0) is 29.0. The molecule has 5 rings (SSSR count). The van der Waals surface area contributed by atoms with Crippen LogP contribution in [0.3, 0.4) is 0 Å². The zero-order valence-corrected chi connectivity index (χ0v) is 25.3. The van der Waals surface area contributed by atoms with Gasteiger partial charge in [0.05, 0.1) is 0 Å². The first-order valence-electron chi connectivity index (χ1n) is 14.7. The molecule has 3 N–H and O–H groups in total. The Balaban J connectivity index is 1.29. The minimum absolute atomic E-state index is 0.334. The Morgan fingerprint density at radius 3 is 2.49 bits per heavy atom. The summed E-state index contributed by atoms with van der Waals surface area (Å²) in [6.07, 6.45) is 11.9. The van der Waals surface area contributed by atoms with Gasteiger partial charge in [-0.05, 0) is 107 Å². The number of hydrogen-bond donors (Lipinski definition) is 2. The van der Waals surface area contributed by atoms with Crippen LogP contribution in [0.1, 0.15) is 49.8 Å². The molecular formula is C36H43ClN4. The fraction of sp³-hybridized carbons (Fsp3) is 0.333. The third-order valence-corrected chi connectivity index (χ3v) is 8.95. The molecule has 0 radical (unpaired) electrons. The van der Waals surface area contributed by atoms with Gasteiger partial charge in [-0.3, -0.25) is 4.90 Å². The van der Waals surface area contributed by atoms with E-state index in [0.717, 1.165) is 72.3 Å². The molecule has 1 aliphatic heterocycles. The first-order valence-corrected chi connectivity index (χ1v) is 15.1. The highest BCUT2D eigenvalue weighted by Gasteiger charge is 2.29. The molecule has 1 fully saturated rings. The highest BCUT2D eigenvalue weighted by Crippen LogP contribution is 2.43. The van der Waals surface area contributed by atoms with Crippen LogP contribution < -0.4 is 21.2 Å². The van der Waals surface area contributed by atoms with Crippen LogP contribution in [-0.2, 0) is 6.42 Å². The number of piperazine rings is 1. The summed E-state index contributed by atoms with van der Waals surface area (Å²) in [5.74, 6) is 0. The topological polar surface area (TPSA) is 48.3 Å². The highest BCUT2D eigenvalue weighted by atomic mass is 35.5. The van der Waals surface area contributed by atoms with Crippen LogP contribution in [0.5, 0.6) is 0 Å². The van der Waals surface area contributed by atoms with Gasteiger partial charge in [0.15, 0.2) is 0 Å². The molecular weight excluding hydrogens is 524 g/mol. The summed E-state index contributed by atoms with van der Waals surface area (Å²) in [6.45, 7) is 18.1. The molecule has 0 spiro atoms. The first kappa shape index (κ1) is 29.0. The highest BCUT2D eigenvalue weighted by molar-refractivity contribution is 6.30. The Morgan fingerprint density at radius 2 is 1.83 bits per heavy atom. The van der Waals surface area contributed by atoms with Gasteiger partial charge in [0, 0.05) is 55.0 Å². The van der Waals surface area contributed by atoms with Crippen LogP contribution in [0.2, 0.25) is 5.02 Å². The third-order valence-electron chi connectivity index (χ3n) is 8.70. The predicted octanol–water partition coefficient (Wildman–Crippen LogP) is 6.37. The number of halogens is 1. The number of hydrogen-bond acceptors (Lipinski definition) is 3. The number of rotatable bonds is 8. The van der Waals surface area contributed by atoms with Crippen molar-refractivity contribution in [2.45, 2.75) is 39.5 Å². The monoisotopic (exact) mass is 566 g/mol. The zero-order valence-electron chi connectivity index (χ0n) is 24.6. The average molecular weight is 567 g/mol. The average Bonchev–Trinajstić information content (AvgIpc) is 3.38. The van der Waals surface area contributed by atoms with Crippen molar-refractivity contribution >= 4 is 41.6 Å². The van der Waals surface area contributed by atoms with E-state index in [9.17, 15) is 0 Å². The second-order valence-electron chi connectivity index (χ2n) is 12.3. The molecule has 1 aromatic heterocycles. The fourth-order valence-electron chi connectivity index (χ4n) is 6.17. The van der Waals surface area contributed by atoms with Crippen molar-refractivity contribution < 1.29 is 0 Å². The number of aromatic amines is 1. The molecule has 0 amide bonds. The Bertz CT molecular complexity index is 1550. The van der Waals surface area contributed by atoms with E-state index in [1.54, 1.807) is 11.8 Å². The predicted molar refractivity (Wildman–Crippen MR) is 177 cm³/mol. The smallest absolute Gasteiger partial charge is 0.0406 e. The molecule has 0 bridgehead atoms. The maximum absolute atomic E-state index is 6.21. The largest absolute Gasteiger partial charge is 0.404 e. The van der Waals surface area contributed by atoms with E-state index < -0.39 is 0 Å². The Hall–Kier alpha value is -3.47. The second kappa shape index (κ2) is 12.6. The minimum Gasteiger partial charge on any atom is -0.404 e. The lowest BCUT2D eigenvalue weighted by atomic mass is 9.72. The van der Waals surface area contributed by atoms with Crippen molar-refractivity contribution in [2.75, 3.05) is 37.6 Å². The normalized spacial score (nSPS) is 18.7. The summed E-state index contributed by atoms with van der Waals surface area (Å²) < 4.78 is 0. The summed E-state index contributed by atoms with van der Waals surface area (Å²) in [6, 6.07) is 17.2. The van der Waals surface area contributed by atoms with E-state index in [2.05, 4.69) is 78.2 Å². The first-order chi connectivity index (χ1) is 19.7. The Kier molecular flexibility index (Phi) is 8.91. The quantitative estimate of drug-likeness (QED) is 0.333. The minimum atomic E-state index is 0.334. The van der Waals surface area contributed by atoms with Crippen LogP contribution in [-0.4, -0.2) is 42.6 Å². The molecule has 0 atom stereocenters. The van der Waals surface area contributed by atoms with Crippen molar-refractivity contribution in [3.05, 3.63) is 111 Å². The van der Waals surface area contributed by atoms with Crippen molar-refractivity contribution in [1.82, 2.24) is 9.88 Å². The number of anilines is 1. The van der Waals surface area contributed by atoms with Crippen molar-refractivity contribution in [3.63, 3.8) is 0 Å². The number of nitrogens with one attached hydrogen (secondary N) is 1. The van der Waals surface area contributed by atoms with Crippen molar-refractivity contribution in [1.29, 1.82) is 0 Å². The second-order valence-corrected chi connectivity index (χ2v) is 12.7. The van der Waals surface area contributed by atoms with Crippen LogP contribution in [0, 0.1) is 5.41 Å². The number of aromatic nitrogens is 1. The van der Waals surface area contributed by atoms with Crippen LogP contribution in [0.25, 0.3) is 24.3 Å². The van der Waals surface area contributed by atoms with E-state index >= 15 is 0 Å². The molecule has 2 aliphatic rings. The van der Waals surface area contributed by atoms with Gasteiger partial charge in [-0.15, -0.1) is 0 Å². The van der Waals surface area contributed by atoms with E-state index in [-0.39, 0.29) is 0 Å². The molecule has 0 saturated carbocycles. The van der Waals surface area contributed by atoms with Gasteiger partial charge in [0.2, 0.25) is 0 Å². The molecule has 41 heavy (non-hydrogen) atoms. The van der Waals surface area contributed by atoms with E-state index in [4.69, 9.17) is 17.3 Å². The summed E-state index contributed by atoms with van der Waals surface area (Å²) >= 11 is 6.21. The summed E-state index contributed by atoms with van der Waals surface area (Å²) in [7, 11) is 0. The third kappa shape index (κ3) is 7.06. The van der Waals surface area contributed by atoms with E-state index in [0.29, 0.717) is 5.41 Å². The van der Waals surface area contributed by atoms with E-state index in [1.807, 2.05) is 30.5 Å². The van der Waals surface area contributed by atoms with Gasteiger partial charge in [-0.25, -0.2) is 0 Å². The van der Waals surface area contributed by atoms with Crippen molar-refractivity contribution in [2.24, 2.45) is 11.1 Å². The molecule has 1 aliphatic carbocycles. The van der Waals surface area contributed by atoms with Gasteiger partial charge >= 0.3 is 0 Å². The van der Waals surface area contributed by atoms with Gasteiger partial charge in [0.25, 0.3) is 0 Å². The maximum atomic E-state index is 6.21. The summed E-state index contributed by atoms with van der Waals surface area (Å²) in [5.41, 5.74) is 15.5. The van der Waals surface area contributed by atoms with Gasteiger partial charge in [0.1, 0.15) is 0 Å². The molecule has 4 nitrogen and oxygen atoms in total. The lowest BCUT2D eigenvalue weighted by Crippen LogP contribution is -2.47. The standard InChI is InChI=1S/C36H43ClN4/c1-5-28-8-11-34(22-32(28)21-27(24-38)20-30-13-15-39-26(30)2)41-18-16-40(17-19-41)25-31-12-14-36(3,4)23-35(31)29-6-9-33(37)10-7-29/h5-11,13,15,20,22,24,39H,1-2,12,14,16-19,21,23,25,38H2,3-4H3/b27-24+,30-20-. The SMILES string of the molecule is C=Cc1ccc(N2CCN(CC3=C(c4ccc(Cl)cc4)CC(C)(C)CC3)CC2)cc1CC(=C/N)/C=c1/cc[nH]c1=C. The molecule has 2 aromatic carbocycles. The molecule has 1 saturated heterocycles. The molecule has 0 unspecified atom stereocenters. The van der Waals surface area contributed by atoms with Crippen molar-refractivity contribution in [3.8, 4) is 0 Å². The lowest BCUT2D eigenvalue weighted by molar-refractivity contribution is 0.264. The number of nitrogens with zero attached hydrogens (tertiary/aromatic N) is 2. The summed E-state index contributed by atoms with van der Waals surface area (Å²) in [4.78, 5) is 8.29. The maximum Gasteiger partial charge on any atom is 0.0406 e. The molecule has 2 heterocycles. The lowest BCUT2D eigenvalue weighted by Gasteiger charge is -2.39. The molecule has 3 aromatic rings. The molecule has 5 heteroatoms.